The van der Waals surface area contributed by atoms with Crippen molar-refractivity contribution in [3.05, 3.63) is 30.6 Å². The predicted octanol–water partition coefficient (Wildman–Crippen LogP) is 1.65. The van der Waals surface area contributed by atoms with Crippen LogP contribution in [0.3, 0.4) is 0 Å². The number of nitrogens with one attached hydrogen (secondary N) is 1. The Morgan fingerprint density at radius 3 is 2.91 bits per heavy atom. The number of anilines is 1. The Balaban J connectivity index is 3.01. The van der Waals surface area contributed by atoms with Crippen molar-refractivity contribution in [1.29, 1.82) is 0 Å². The van der Waals surface area contributed by atoms with Crippen LogP contribution in [0.15, 0.2) is 25.0 Å². The molecule has 0 atom stereocenters. The van der Waals surface area contributed by atoms with Crippen LogP contribution in [0.2, 0.25) is 0 Å². The lowest BCUT2D eigenvalue weighted by Crippen LogP contribution is -1.91. The van der Waals surface area contributed by atoms with Crippen LogP contribution in [0.5, 0.6) is 0 Å². The molecular weight excluding hydrogens is 140 g/mol. The highest BCUT2D eigenvalue weighted by Gasteiger charge is 1.96. The van der Waals surface area contributed by atoms with Crippen molar-refractivity contribution in [3.8, 4) is 0 Å². The molecule has 11 heavy (non-hydrogen) atoms. The Hall–Kier alpha value is -1.51. The van der Waals surface area contributed by atoms with Gasteiger partial charge in [0.15, 0.2) is 0 Å². The largest absolute Gasteiger partial charge is 0.508 e. The molecule has 0 saturated heterocycles. The van der Waals surface area contributed by atoms with Crippen molar-refractivity contribution in [2.75, 3.05) is 12.4 Å². The lowest BCUT2D eigenvalue weighted by Gasteiger charge is -2.01. The lowest BCUT2D eigenvalue weighted by molar-refractivity contribution is 0.513. The molecule has 2 N–H and O–H groups in total. The topological polar surface area (TPSA) is 45.2 Å². The summed E-state index contributed by atoms with van der Waals surface area (Å²) in [6, 6.07) is 1.77. The minimum atomic E-state index is 0.0367. The molecule has 0 amide bonds. The first-order valence-corrected chi connectivity index (χ1v) is 3.25. The number of aliphatic hydroxyl groups excluding tert-OH is 1. The van der Waals surface area contributed by atoms with E-state index < -0.39 is 0 Å². The van der Waals surface area contributed by atoms with Crippen LogP contribution in [-0.4, -0.2) is 17.1 Å². The molecule has 3 heteroatoms. The van der Waals surface area contributed by atoms with Gasteiger partial charge in [-0.05, 0) is 6.07 Å². The van der Waals surface area contributed by atoms with Gasteiger partial charge in [0.25, 0.3) is 0 Å². The SMILES string of the molecule is C=C(O)c1cncc(NC)c1. The molecule has 0 saturated carbocycles. The maximum atomic E-state index is 8.98. The first kappa shape index (κ1) is 7.60. The summed E-state index contributed by atoms with van der Waals surface area (Å²) in [5.74, 6) is 0.0367. The Kier molecular flexibility index (Phi) is 2.11. The molecule has 0 bridgehead atoms. The fraction of sp³-hybridized carbons (Fsp3) is 0.125. The number of rotatable bonds is 2. The Labute approximate surface area is 65.4 Å². The molecule has 0 aliphatic heterocycles. The average molecular weight is 150 g/mol. The van der Waals surface area contributed by atoms with Crippen molar-refractivity contribution in [3.63, 3.8) is 0 Å². The summed E-state index contributed by atoms with van der Waals surface area (Å²) in [5, 5.41) is 11.9. The van der Waals surface area contributed by atoms with Gasteiger partial charge in [-0.1, -0.05) is 6.58 Å². The maximum absolute atomic E-state index is 8.98. The standard InChI is InChI=1S/C8H10N2O/c1-6(11)7-3-8(9-2)5-10-4-7/h3-5,9,11H,1H2,2H3. The monoisotopic (exact) mass is 150 g/mol. The molecule has 0 aromatic carbocycles. The molecule has 0 radical (unpaired) electrons. The molecule has 0 unspecified atom stereocenters. The predicted molar refractivity (Wildman–Crippen MR) is 45.4 cm³/mol. The number of aliphatic hydroxyl groups is 1. The summed E-state index contributed by atoms with van der Waals surface area (Å²) in [6.45, 7) is 3.39. The fourth-order valence-corrected chi connectivity index (χ4v) is 0.734. The van der Waals surface area contributed by atoms with Gasteiger partial charge in [0.1, 0.15) is 5.76 Å². The summed E-state index contributed by atoms with van der Waals surface area (Å²) in [5.41, 5.74) is 1.49. The summed E-state index contributed by atoms with van der Waals surface area (Å²) < 4.78 is 0. The molecule has 3 nitrogen and oxygen atoms in total. The van der Waals surface area contributed by atoms with E-state index in [0.717, 1.165) is 5.69 Å². The smallest absolute Gasteiger partial charge is 0.117 e. The molecule has 58 valence electrons. The number of nitrogens with zero attached hydrogens (tertiary/aromatic N) is 1. The molecule has 1 rings (SSSR count). The molecule has 0 spiro atoms. The second kappa shape index (κ2) is 3.05. The van der Waals surface area contributed by atoms with E-state index in [0.29, 0.717) is 5.56 Å². The average Bonchev–Trinajstić information content (AvgIpc) is 2.05. The van der Waals surface area contributed by atoms with Gasteiger partial charge in [-0.3, -0.25) is 4.98 Å². The van der Waals surface area contributed by atoms with E-state index in [1.807, 2.05) is 0 Å². The van der Waals surface area contributed by atoms with Crippen LogP contribution < -0.4 is 5.32 Å². The van der Waals surface area contributed by atoms with Gasteiger partial charge in [0.05, 0.1) is 5.69 Å². The van der Waals surface area contributed by atoms with Crippen molar-refractivity contribution in [2.45, 2.75) is 0 Å². The van der Waals surface area contributed by atoms with Gasteiger partial charge < -0.3 is 10.4 Å². The van der Waals surface area contributed by atoms with Crippen LogP contribution in [0.1, 0.15) is 5.56 Å². The van der Waals surface area contributed by atoms with Crippen molar-refractivity contribution in [2.24, 2.45) is 0 Å². The molecule has 1 aromatic rings. The molecule has 0 fully saturated rings. The van der Waals surface area contributed by atoms with Crippen LogP contribution >= 0.6 is 0 Å². The number of aromatic nitrogens is 1. The summed E-state index contributed by atoms with van der Waals surface area (Å²) in [7, 11) is 1.79. The third-order valence-corrected chi connectivity index (χ3v) is 1.36. The minimum Gasteiger partial charge on any atom is -0.508 e. The molecule has 0 aliphatic rings. The maximum Gasteiger partial charge on any atom is 0.117 e. The lowest BCUT2D eigenvalue weighted by atomic mass is 10.2. The first-order valence-electron chi connectivity index (χ1n) is 3.25. The van der Waals surface area contributed by atoms with Crippen molar-refractivity contribution in [1.82, 2.24) is 4.98 Å². The second-order valence-electron chi connectivity index (χ2n) is 2.16. The zero-order valence-corrected chi connectivity index (χ0v) is 6.33. The van der Waals surface area contributed by atoms with E-state index in [9.17, 15) is 0 Å². The third kappa shape index (κ3) is 1.70. The highest BCUT2D eigenvalue weighted by Crippen LogP contribution is 2.12. The third-order valence-electron chi connectivity index (χ3n) is 1.36. The summed E-state index contributed by atoms with van der Waals surface area (Å²) >= 11 is 0. The van der Waals surface area contributed by atoms with E-state index in [-0.39, 0.29) is 5.76 Å². The summed E-state index contributed by atoms with van der Waals surface area (Å²) in [4.78, 5) is 3.89. The van der Waals surface area contributed by atoms with Gasteiger partial charge >= 0.3 is 0 Å². The molecule has 0 aliphatic carbocycles. The highest BCUT2D eigenvalue weighted by molar-refractivity contribution is 5.59. The highest BCUT2D eigenvalue weighted by atomic mass is 16.3. The van der Waals surface area contributed by atoms with E-state index in [2.05, 4.69) is 16.9 Å². The van der Waals surface area contributed by atoms with E-state index in [1.54, 1.807) is 25.5 Å². The normalized spacial score (nSPS) is 9.18. The zero-order chi connectivity index (χ0) is 8.27. The van der Waals surface area contributed by atoms with Gasteiger partial charge in [-0.25, -0.2) is 0 Å². The minimum absolute atomic E-state index is 0.0367. The molecule has 1 aromatic heterocycles. The van der Waals surface area contributed by atoms with Gasteiger partial charge in [-0.2, -0.15) is 0 Å². The van der Waals surface area contributed by atoms with Gasteiger partial charge in [-0.15, -0.1) is 0 Å². The van der Waals surface area contributed by atoms with Gasteiger partial charge in [0.2, 0.25) is 0 Å². The zero-order valence-electron chi connectivity index (χ0n) is 6.33. The van der Waals surface area contributed by atoms with E-state index in [1.165, 1.54) is 0 Å². The quantitative estimate of drug-likeness (QED) is 0.630. The Morgan fingerprint density at radius 1 is 1.64 bits per heavy atom. The van der Waals surface area contributed by atoms with Crippen molar-refractivity contribution < 1.29 is 5.11 Å². The Morgan fingerprint density at radius 2 is 2.36 bits per heavy atom. The van der Waals surface area contributed by atoms with E-state index in [4.69, 9.17) is 5.11 Å². The second-order valence-corrected chi connectivity index (χ2v) is 2.16. The van der Waals surface area contributed by atoms with Gasteiger partial charge in [0, 0.05) is 25.0 Å². The van der Waals surface area contributed by atoms with Crippen LogP contribution in [-0.2, 0) is 0 Å². The number of hydrogen-bond donors (Lipinski definition) is 2. The van der Waals surface area contributed by atoms with Crippen LogP contribution in [0.25, 0.3) is 5.76 Å². The summed E-state index contributed by atoms with van der Waals surface area (Å²) in [6.07, 6.45) is 3.23. The van der Waals surface area contributed by atoms with Crippen LogP contribution in [0.4, 0.5) is 5.69 Å². The van der Waals surface area contributed by atoms with Crippen LogP contribution in [0, 0.1) is 0 Å². The van der Waals surface area contributed by atoms with E-state index >= 15 is 0 Å². The molecular formula is C8H10N2O. The number of hydrogen-bond acceptors (Lipinski definition) is 3. The Bertz CT molecular complexity index is 271. The fourth-order valence-electron chi connectivity index (χ4n) is 0.734. The first-order chi connectivity index (χ1) is 5.24. The number of pyridine rings is 1. The molecule has 1 heterocycles. The van der Waals surface area contributed by atoms with Crippen molar-refractivity contribution >= 4 is 11.4 Å².